The van der Waals surface area contributed by atoms with Crippen molar-refractivity contribution in [2.24, 2.45) is 11.5 Å². The lowest BCUT2D eigenvalue weighted by Gasteiger charge is -2.16. The van der Waals surface area contributed by atoms with Crippen LogP contribution in [0.15, 0.2) is 0 Å². The van der Waals surface area contributed by atoms with Gasteiger partial charge in [0.1, 0.15) is 12.3 Å². The highest BCUT2D eigenvalue weighted by atomic mass is 16.6. The van der Waals surface area contributed by atoms with Crippen LogP contribution >= 0.6 is 0 Å². The molecule has 0 aromatic rings. The molecule has 8 atom stereocenters. The zero-order chi connectivity index (χ0) is 33.5. The number of nitrogens with two attached hydrogens (primary N) is 2. The maximum atomic E-state index is 9.90. The van der Waals surface area contributed by atoms with Crippen molar-refractivity contribution in [3.05, 3.63) is 0 Å². The monoisotopic (exact) mass is 598 g/mol. The number of aldehydes is 1. The molecular formula is C28H66N6O7. The molecular weight excluding hydrogens is 532 g/mol. The van der Waals surface area contributed by atoms with Crippen molar-refractivity contribution in [1.82, 2.24) is 19.6 Å². The molecule has 0 spiro atoms. The van der Waals surface area contributed by atoms with E-state index >= 15 is 0 Å². The van der Waals surface area contributed by atoms with Crippen LogP contribution in [0.3, 0.4) is 0 Å². The number of aliphatic carboxylic acids is 1. The molecule has 2 saturated heterocycles. The number of hydrogen-bond acceptors (Lipinski definition) is 12. The first-order chi connectivity index (χ1) is 18.7. The smallest absolute Gasteiger partial charge is 0.320 e. The number of hydrogen-bond donors (Lipinski definition) is 5. The number of ether oxygens (including phenoxy) is 2. The molecule has 41 heavy (non-hydrogen) atoms. The van der Waals surface area contributed by atoms with E-state index in [1.165, 1.54) is 6.92 Å². The number of rotatable bonds is 10. The molecule has 0 bridgehead atoms. The molecule has 2 rings (SSSR count). The van der Waals surface area contributed by atoms with Gasteiger partial charge in [-0.1, -0.05) is 0 Å². The topological polar surface area (TPSA) is 185 Å². The minimum Gasteiger partial charge on any atom is -0.480 e. The van der Waals surface area contributed by atoms with Crippen LogP contribution in [0, 0.1) is 0 Å². The lowest BCUT2D eigenvalue weighted by molar-refractivity contribution is -0.138. The molecule has 0 saturated carbocycles. The Balaban J connectivity index is -0.000000202. The SMILES string of the molecule is C[C@@H](C=O)N(C)C.C[C@@H](CO)N(C)C.C[C@@H]([C@@H]1CO1)N(C)C.C[C@@H]([C@H]1CO1)N(C)C.C[C@H](N)C(=O)O.C[C@H](N)CO. The number of carboxylic acid groups (broad SMARTS) is 1. The average Bonchev–Trinajstić information content (AvgIpc) is 3.81. The largest absolute Gasteiger partial charge is 0.480 e. The van der Waals surface area contributed by atoms with Crippen LogP contribution in [-0.2, 0) is 19.1 Å². The van der Waals surface area contributed by atoms with Gasteiger partial charge in [0.15, 0.2) is 0 Å². The Kier molecular flexibility index (Phi) is 31.4. The van der Waals surface area contributed by atoms with Crippen LogP contribution < -0.4 is 11.5 Å². The minimum atomic E-state index is -0.963. The maximum absolute atomic E-state index is 9.90. The van der Waals surface area contributed by atoms with Crippen molar-refractivity contribution in [2.45, 2.75) is 90.0 Å². The van der Waals surface area contributed by atoms with Gasteiger partial charge < -0.3 is 60.7 Å². The second kappa shape index (κ2) is 27.6. The van der Waals surface area contributed by atoms with E-state index in [0.717, 1.165) is 19.5 Å². The zero-order valence-electron chi connectivity index (χ0n) is 28.4. The fourth-order valence-corrected chi connectivity index (χ4v) is 1.62. The predicted octanol–water partition coefficient (Wildman–Crippen LogP) is -0.521. The standard InChI is InChI=1S/2C6H13NO.C5H13NO.C5H11NO.C3H7NO2.C3H9NO/c2*1-5(7(2)3)6-4-8-6;2*1-5(4-7)6(2)3;1-2(4)3(5)6;1-3(4)2-5/h2*5-6H,4H2,1-3H3;5,7H,4H2,1-3H3;4-5H,1-3H3;2H,4H2,1H3,(H,5,6);3,5H,2,4H2,1H3/t5-,6+;5-,6-;2*5-;2-;3-/m000000/s1. The number of epoxide rings is 2. The summed E-state index contributed by atoms with van der Waals surface area (Å²) in [4.78, 5) is 27.7. The first-order valence-electron chi connectivity index (χ1n) is 14.0. The molecule has 0 radical (unpaired) electrons. The van der Waals surface area contributed by atoms with Gasteiger partial charge in [-0.3, -0.25) is 4.79 Å². The van der Waals surface area contributed by atoms with E-state index < -0.39 is 12.0 Å². The summed E-state index contributed by atoms with van der Waals surface area (Å²) < 4.78 is 10.2. The van der Waals surface area contributed by atoms with Crippen molar-refractivity contribution in [1.29, 1.82) is 0 Å². The van der Waals surface area contributed by atoms with Crippen molar-refractivity contribution < 1.29 is 34.4 Å². The number of likely N-dealkylation sites (N-methyl/N-ethyl adjacent to an activating group) is 4. The van der Waals surface area contributed by atoms with Gasteiger partial charge in [-0.15, -0.1) is 0 Å². The van der Waals surface area contributed by atoms with E-state index in [9.17, 15) is 9.59 Å². The van der Waals surface area contributed by atoms with E-state index in [-0.39, 0.29) is 25.3 Å². The second-order valence-electron chi connectivity index (χ2n) is 11.3. The second-order valence-corrected chi connectivity index (χ2v) is 11.3. The lowest BCUT2D eigenvalue weighted by Crippen LogP contribution is -2.29. The fourth-order valence-electron chi connectivity index (χ4n) is 1.62. The van der Waals surface area contributed by atoms with Crippen LogP contribution in [0.2, 0.25) is 0 Å². The van der Waals surface area contributed by atoms with E-state index in [2.05, 4.69) is 51.8 Å². The van der Waals surface area contributed by atoms with Gasteiger partial charge in [-0.05, 0) is 97.9 Å². The third-order valence-electron chi connectivity index (χ3n) is 6.26. The quantitative estimate of drug-likeness (QED) is 0.160. The zero-order valence-corrected chi connectivity index (χ0v) is 28.4. The van der Waals surface area contributed by atoms with Gasteiger partial charge in [0.2, 0.25) is 0 Å². The molecule has 7 N–H and O–H groups in total. The number of carbonyl (C=O) groups is 2. The first-order valence-corrected chi connectivity index (χ1v) is 14.0. The molecule has 0 unspecified atom stereocenters. The Morgan fingerprint density at radius 1 is 0.756 bits per heavy atom. The summed E-state index contributed by atoms with van der Waals surface area (Å²) >= 11 is 0. The molecule has 13 heteroatoms. The van der Waals surface area contributed by atoms with Gasteiger partial charge in [0.05, 0.1) is 44.7 Å². The Hall–Kier alpha value is -1.26. The normalized spacial score (nSPS) is 20.8. The highest BCUT2D eigenvalue weighted by Crippen LogP contribution is 2.16. The number of nitrogens with zero attached hydrogens (tertiary/aromatic N) is 4. The summed E-state index contributed by atoms with van der Waals surface area (Å²) in [5.41, 5.74) is 9.88. The molecule has 250 valence electrons. The number of carboxylic acids is 1. The number of carbonyl (C=O) groups excluding carboxylic acids is 1. The molecule has 2 fully saturated rings. The molecule has 13 nitrogen and oxygen atoms in total. The highest BCUT2D eigenvalue weighted by molar-refractivity contribution is 5.72. The first kappa shape index (κ1) is 46.7. The Morgan fingerprint density at radius 3 is 1.07 bits per heavy atom. The molecule has 0 amide bonds. The van der Waals surface area contributed by atoms with Gasteiger partial charge in [-0.2, -0.15) is 0 Å². The lowest BCUT2D eigenvalue weighted by atomic mass is 10.2. The third-order valence-corrected chi connectivity index (χ3v) is 6.26. The summed E-state index contributed by atoms with van der Waals surface area (Å²) in [6.45, 7) is 13.6. The van der Waals surface area contributed by atoms with Crippen molar-refractivity contribution in [2.75, 3.05) is 82.8 Å². The highest BCUT2D eigenvalue weighted by Gasteiger charge is 2.30. The number of aliphatic hydroxyl groups is 2. The van der Waals surface area contributed by atoms with Gasteiger partial charge in [-0.25, -0.2) is 0 Å². The molecule has 0 aliphatic carbocycles. The summed E-state index contributed by atoms with van der Waals surface area (Å²) in [6, 6.07) is 0.741. The van der Waals surface area contributed by atoms with Crippen molar-refractivity contribution in [3.63, 3.8) is 0 Å². The molecule has 0 aromatic carbocycles. The van der Waals surface area contributed by atoms with Gasteiger partial charge in [0, 0.05) is 24.2 Å². The fraction of sp³-hybridized carbons (Fsp3) is 0.929. The van der Waals surface area contributed by atoms with Crippen LogP contribution in [-0.4, -0.2) is 178 Å². The predicted molar refractivity (Wildman–Crippen MR) is 167 cm³/mol. The summed E-state index contributed by atoms with van der Waals surface area (Å²) in [5.74, 6) is -0.963. The van der Waals surface area contributed by atoms with Crippen LogP contribution in [0.4, 0.5) is 0 Å². The average molecular weight is 599 g/mol. The third kappa shape index (κ3) is 34.8. The Morgan fingerprint density at radius 2 is 1.05 bits per heavy atom. The minimum absolute atomic E-state index is 0.0556. The van der Waals surface area contributed by atoms with Gasteiger partial charge in [0.25, 0.3) is 0 Å². The summed E-state index contributed by atoms with van der Waals surface area (Å²) in [6.07, 6.45) is 1.95. The van der Waals surface area contributed by atoms with E-state index in [1.54, 1.807) is 6.92 Å². The van der Waals surface area contributed by atoms with E-state index in [1.807, 2.05) is 51.8 Å². The van der Waals surface area contributed by atoms with Crippen LogP contribution in [0.1, 0.15) is 41.5 Å². The maximum Gasteiger partial charge on any atom is 0.320 e. The van der Waals surface area contributed by atoms with Crippen molar-refractivity contribution >= 4 is 12.3 Å². The Labute approximate surface area is 250 Å². The summed E-state index contributed by atoms with van der Waals surface area (Å²) in [7, 11) is 15.9. The summed E-state index contributed by atoms with van der Waals surface area (Å²) in [5, 5.41) is 24.3. The van der Waals surface area contributed by atoms with Crippen LogP contribution in [0.25, 0.3) is 0 Å². The van der Waals surface area contributed by atoms with Gasteiger partial charge >= 0.3 is 5.97 Å². The molecule has 2 heterocycles. The van der Waals surface area contributed by atoms with E-state index in [4.69, 9.17) is 36.3 Å². The molecule has 0 aromatic heterocycles. The van der Waals surface area contributed by atoms with Crippen LogP contribution in [0.5, 0.6) is 0 Å². The Bertz CT molecular complexity index is 576. The van der Waals surface area contributed by atoms with Crippen molar-refractivity contribution in [3.8, 4) is 0 Å². The molecule has 2 aliphatic heterocycles. The molecule has 2 aliphatic rings. The van der Waals surface area contributed by atoms with E-state index in [0.29, 0.717) is 30.3 Å². The number of aliphatic hydroxyl groups excluding tert-OH is 2.